The quantitative estimate of drug-likeness (QED) is 0.690. The van der Waals surface area contributed by atoms with E-state index in [0.29, 0.717) is 0 Å². The fraction of sp³-hybridized carbons (Fsp3) is 0.417. The molecule has 0 atom stereocenters. The van der Waals surface area contributed by atoms with E-state index in [-0.39, 0.29) is 5.41 Å². The number of nitrogen functional groups attached to an aromatic ring is 1. The van der Waals surface area contributed by atoms with Gasteiger partial charge in [-0.15, -0.1) is 11.3 Å². The van der Waals surface area contributed by atoms with Gasteiger partial charge in [-0.05, 0) is 24.6 Å². The number of fused-ring (bicyclic) bond motifs is 1. The van der Waals surface area contributed by atoms with Crippen LogP contribution in [0.25, 0.3) is 10.2 Å². The van der Waals surface area contributed by atoms with Gasteiger partial charge in [0.05, 0.1) is 15.2 Å². The first-order valence-electron chi connectivity index (χ1n) is 5.05. The lowest BCUT2D eigenvalue weighted by molar-refractivity contribution is 0.587. The first-order valence-corrected chi connectivity index (χ1v) is 5.87. The van der Waals surface area contributed by atoms with Gasteiger partial charge in [0.2, 0.25) is 0 Å². The molecule has 0 radical (unpaired) electrons. The largest absolute Gasteiger partial charge is 0.398 e. The molecule has 0 fully saturated rings. The summed E-state index contributed by atoms with van der Waals surface area (Å²) in [4.78, 5) is 4.62. The van der Waals surface area contributed by atoms with E-state index >= 15 is 0 Å². The van der Waals surface area contributed by atoms with Gasteiger partial charge in [-0.3, -0.25) is 0 Å². The fourth-order valence-electron chi connectivity index (χ4n) is 1.41. The van der Waals surface area contributed by atoms with Gasteiger partial charge >= 0.3 is 0 Å². The average Bonchev–Trinajstić information content (AvgIpc) is 2.47. The fourth-order valence-corrected chi connectivity index (χ4v) is 2.52. The zero-order valence-electron chi connectivity index (χ0n) is 9.59. The van der Waals surface area contributed by atoms with Crippen molar-refractivity contribution in [1.82, 2.24) is 4.98 Å². The van der Waals surface area contributed by atoms with E-state index in [0.717, 1.165) is 16.8 Å². The Labute approximate surface area is 94.1 Å². The van der Waals surface area contributed by atoms with Crippen LogP contribution in [0.2, 0.25) is 0 Å². The Balaban J connectivity index is 2.66. The summed E-state index contributed by atoms with van der Waals surface area (Å²) in [6, 6.07) is 4.09. The standard InChI is InChI=1S/C12H16N2S/c1-7-5-10-9(6-8(7)13)14-11(15-10)12(2,3)4/h5-6H,13H2,1-4H3. The van der Waals surface area contributed by atoms with Crippen LogP contribution in [0.5, 0.6) is 0 Å². The molecular weight excluding hydrogens is 204 g/mol. The van der Waals surface area contributed by atoms with Gasteiger partial charge in [0.25, 0.3) is 0 Å². The van der Waals surface area contributed by atoms with Crippen LogP contribution in [0.15, 0.2) is 12.1 Å². The summed E-state index contributed by atoms with van der Waals surface area (Å²) in [6.45, 7) is 8.58. The van der Waals surface area contributed by atoms with Gasteiger partial charge in [-0.2, -0.15) is 0 Å². The predicted molar refractivity (Wildman–Crippen MR) is 67.5 cm³/mol. The molecule has 0 saturated carbocycles. The second-order valence-corrected chi connectivity index (χ2v) is 5.98. The molecule has 2 rings (SSSR count). The van der Waals surface area contributed by atoms with Crippen molar-refractivity contribution < 1.29 is 0 Å². The van der Waals surface area contributed by atoms with Crippen molar-refractivity contribution in [3.8, 4) is 0 Å². The van der Waals surface area contributed by atoms with E-state index in [1.165, 1.54) is 9.71 Å². The summed E-state index contributed by atoms with van der Waals surface area (Å²) < 4.78 is 1.23. The Bertz CT molecular complexity index is 467. The number of aryl methyl sites for hydroxylation is 1. The molecule has 3 heteroatoms. The number of aromatic nitrogens is 1. The van der Waals surface area contributed by atoms with Crippen molar-refractivity contribution in [3.63, 3.8) is 0 Å². The summed E-state index contributed by atoms with van der Waals surface area (Å²) in [6.07, 6.45) is 0. The third kappa shape index (κ3) is 1.84. The number of benzene rings is 1. The summed E-state index contributed by atoms with van der Waals surface area (Å²) >= 11 is 1.76. The van der Waals surface area contributed by atoms with Crippen LogP contribution in [0.1, 0.15) is 31.3 Å². The lowest BCUT2D eigenvalue weighted by atomic mass is 9.98. The third-order valence-corrected chi connectivity index (χ3v) is 3.86. The van der Waals surface area contributed by atoms with Gasteiger partial charge < -0.3 is 5.73 Å². The van der Waals surface area contributed by atoms with Crippen LogP contribution in [0.3, 0.4) is 0 Å². The second-order valence-electron chi connectivity index (χ2n) is 4.95. The maximum atomic E-state index is 5.87. The average molecular weight is 220 g/mol. The Morgan fingerprint density at radius 3 is 2.53 bits per heavy atom. The molecular formula is C12H16N2S. The van der Waals surface area contributed by atoms with Crippen LogP contribution in [-0.2, 0) is 5.41 Å². The molecule has 0 saturated heterocycles. The first-order chi connectivity index (χ1) is 6.88. The molecule has 0 aliphatic heterocycles. The number of anilines is 1. The summed E-state index contributed by atoms with van der Waals surface area (Å²) in [7, 11) is 0. The van der Waals surface area contributed by atoms with Gasteiger partial charge in [-0.1, -0.05) is 20.8 Å². The minimum Gasteiger partial charge on any atom is -0.398 e. The minimum atomic E-state index is 0.117. The van der Waals surface area contributed by atoms with Crippen LogP contribution in [0.4, 0.5) is 5.69 Å². The molecule has 0 aliphatic carbocycles. The first kappa shape index (κ1) is 10.4. The minimum absolute atomic E-state index is 0.117. The Morgan fingerprint density at radius 2 is 1.93 bits per heavy atom. The lowest BCUT2D eigenvalue weighted by Crippen LogP contribution is -2.09. The van der Waals surface area contributed by atoms with E-state index in [4.69, 9.17) is 5.73 Å². The molecule has 0 bridgehead atoms. The lowest BCUT2D eigenvalue weighted by Gasteiger charge is -2.13. The Hall–Kier alpha value is -1.09. The number of nitrogens with zero attached hydrogens (tertiary/aromatic N) is 1. The second kappa shape index (κ2) is 3.20. The van der Waals surface area contributed by atoms with Crippen molar-refractivity contribution in [3.05, 3.63) is 22.7 Å². The molecule has 0 unspecified atom stereocenters. The van der Waals surface area contributed by atoms with Crippen LogP contribution >= 0.6 is 11.3 Å². The maximum Gasteiger partial charge on any atom is 0.0992 e. The number of hydrogen-bond donors (Lipinski definition) is 1. The van der Waals surface area contributed by atoms with E-state index < -0.39 is 0 Å². The number of hydrogen-bond acceptors (Lipinski definition) is 3. The molecule has 2 N–H and O–H groups in total. The van der Waals surface area contributed by atoms with Crippen LogP contribution in [-0.4, -0.2) is 4.98 Å². The SMILES string of the molecule is Cc1cc2sc(C(C)(C)C)nc2cc1N. The van der Waals surface area contributed by atoms with Gasteiger partial charge in [-0.25, -0.2) is 4.98 Å². The number of nitrogens with two attached hydrogens (primary N) is 1. The molecule has 1 aromatic carbocycles. The van der Waals surface area contributed by atoms with Crippen LogP contribution in [0, 0.1) is 6.92 Å². The van der Waals surface area contributed by atoms with E-state index in [1.807, 2.05) is 13.0 Å². The Morgan fingerprint density at radius 1 is 1.27 bits per heavy atom. The highest BCUT2D eigenvalue weighted by atomic mass is 32.1. The van der Waals surface area contributed by atoms with E-state index in [9.17, 15) is 0 Å². The molecule has 0 amide bonds. The molecule has 1 heterocycles. The summed E-state index contributed by atoms with van der Waals surface area (Å²) in [5.74, 6) is 0. The molecule has 80 valence electrons. The zero-order valence-corrected chi connectivity index (χ0v) is 10.4. The molecule has 15 heavy (non-hydrogen) atoms. The number of thiazole rings is 1. The number of rotatable bonds is 0. The maximum absolute atomic E-state index is 5.87. The topological polar surface area (TPSA) is 38.9 Å². The molecule has 1 aromatic heterocycles. The van der Waals surface area contributed by atoms with E-state index in [2.05, 4.69) is 31.8 Å². The molecule has 0 aliphatic rings. The van der Waals surface area contributed by atoms with Crippen molar-refractivity contribution in [2.45, 2.75) is 33.1 Å². The molecule has 2 nitrogen and oxygen atoms in total. The highest BCUT2D eigenvalue weighted by Gasteiger charge is 2.18. The highest BCUT2D eigenvalue weighted by Crippen LogP contribution is 2.32. The van der Waals surface area contributed by atoms with Crippen molar-refractivity contribution in [2.24, 2.45) is 0 Å². The smallest absolute Gasteiger partial charge is 0.0992 e. The summed E-state index contributed by atoms with van der Waals surface area (Å²) in [5, 5.41) is 1.17. The Kier molecular flexibility index (Phi) is 2.23. The van der Waals surface area contributed by atoms with Crippen molar-refractivity contribution >= 4 is 27.2 Å². The zero-order chi connectivity index (χ0) is 11.2. The van der Waals surface area contributed by atoms with Gasteiger partial charge in [0.15, 0.2) is 0 Å². The van der Waals surface area contributed by atoms with Gasteiger partial charge in [0, 0.05) is 11.1 Å². The van der Waals surface area contributed by atoms with Crippen molar-refractivity contribution in [2.75, 3.05) is 5.73 Å². The molecule has 0 spiro atoms. The van der Waals surface area contributed by atoms with Crippen LogP contribution < -0.4 is 5.73 Å². The highest BCUT2D eigenvalue weighted by molar-refractivity contribution is 7.18. The summed E-state index contributed by atoms with van der Waals surface area (Å²) in [5.41, 5.74) is 8.97. The van der Waals surface area contributed by atoms with Crippen molar-refractivity contribution in [1.29, 1.82) is 0 Å². The monoisotopic (exact) mass is 220 g/mol. The normalized spacial score (nSPS) is 12.3. The van der Waals surface area contributed by atoms with Gasteiger partial charge in [0.1, 0.15) is 0 Å². The molecule has 2 aromatic rings. The van der Waals surface area contributed by atoms with E-state index in [1.54, 1.807) is 11.3 Å². The predicted octanol–water partition coefficient (Wildman–Crippen LogP) is 3.48. The third-order valence-electron chi connectivity index (χ3n) is 2.42.